The SMILES string of the molecule is Cn1cc(CC(=O)c2ccc3c(c2)CCN3)cn1. The highest BCUT2D eigenvalue weighted by molar-refractivity contribution is 5.98. The molecule has 1 aromatic carbocycles. The number of aryl methyl sites for hydroxylation is 1. The summed E-state index contributed by atoms with van der Waals surface area (Å²) in [5, 5.41) is 7.37. The Morgan fingerprint density at radius 3 is 3.17 bits per heavy atom. The number of hydrogen-bond donors (Lipinski definition) is 1. The van der Waals surface area contributed by atoms with Gasteiger partial charge in [0.25, 0.3) is 0 Å². The second kappa shape index (κ2) is 4.29. The van der Waals surface area contributed by atoms with Crippen molar-refractivity contribution in [1.29, 1.82) is 0 Å². The van der Waals surface area contributed by atoms with Crippen LogP contribution < -0.4 is 5.32 Å². The van der Waals surface area contributed by atoms with Gasteiger partial charge in [-0.3, -0.25) is 9.48 Å². The van der Waals surface area contributed by atoms with E-state index in [2.05, 4.69) is 10.4 Å². The van der Waals surface area contributed by atoms with Crippen molar-refractivity contribution >= 4 is 11.5 Å². The maximum atomic E-state index is 12.2. The Morgan fingerprint density at radius 2 is 2.39 bits per heavy atom. The van der Waals surface area contributed by atoms with E-state index in [-0.39, 0.29) is 5.78 Å². The first-order valence-electron chi connectivity index (χ1n) is 6.10. The van der Waals surface area contributed by atoms with Gasteiger partial charge < -0.3 is 5.32 Å². The van der Waals surface area contributed by atoms with Gasteiger partial charge in [0, 0.05) is 37.5 Å². The molecule has 0 fully saturated rings. The number of anilines is 1. The Bertz CT molecular complexity index is 601. The monoisotopic (exact) mass is 241 g/mol. The van der Waals surface area contributed by atoms with Gasteiger partial charge in [-0.1, -0.05) is 0 Å². The number of nitrogens with one attached hydrogen (secondary N) is 1. The number of carbonyl (C=O) groups is 1. The molecular weight excluding hydrogens is 226 g/mol. The smallest absolute Gasteiger partial charge is 0.167 e. The van der Waals surface area contributed by atoms with E-state index in [0.29, 0.717) is 6.42 Å². The fourth-order valence-corrected chi connectivity index (χ4v) is 2.33. The van der Waals surface area contributed by atoms with Gasteiger partial charge in [0.2, 0.25) is 0 Å². The summed E-state index contributed by atoms with van der Waals surface area (Å²) >= 11 is 0. The number of nitrogens with zero attached hydrogens (tertiary/aromatic N) is 2. The van der Waals surface area contributed by atoms with E-state index in [4.69, 9.17) is 0 Å². The summed E-state index contributed by atoms with van der Waals surface area (Å²) < 4.78 is 1.72. The first-order chi connectivity index (χ1) is 8.72. The summed E-state index contributed by atoms with van der Waals surface area (Å²) in [5.41, 5.74) is 4.15. The second-order valence-electron chi connectivity index (χ2n) is 4.67. The number of benzene rings is 1. The van der Waals surface area contributed by atoms with E-state index < -0.39 is 0 Å². The van der Waals surface area contributed by atoms with Gasteiger partial charge in [0.1, 0.15) is 0 Å². The van der Waals surface area contributed by atoms with Crippen LogP contribution in [0.2, 0.25) is 0 Å². The van der Waals surface area contributed by atoms with Gasteiger partial charge in [-0.15, -0.1) is 0 Å². The molecule has 1 aliphatic rings. The molecule has 92 valence electrons. The molecule has 1 aliphatic heterocycles. The lowest BCUT2D eigenvalue weighted by Gasteiger charge is -2.03. The van der Waals surface area contributed by atoms with E-state index >= 15 is 0 Å². The van der Waals surface area contributed by atoms with Crippen LogP contribution >= 0.6 is 0 Å². The third-order valence-electron chi connectivity index (χ3n) is 3.26. The van der Waals surface area contributed by atoms with Crippen LogP contribution in [0.4, 0.5) is 5.69 Å². The van der Waals surface area contributed by atoms with Crippen LogP contribution in [-0.2, 0) is 19.9 Å². The van der Waals surface area contributed by atoms with Gasteiger partial charge in [-0.25, -0.2) is 0 Å². The minimum absolute atomic E-state index is 0.151. The Labute approximate surface area is 106 Å². The zero-order chi connectivity index (χ0) is 12.5. The molecule has 0 unspecified atom stereocenters. The van der Waals surface area contributed by atoms with E-state index in [1.807, 2.05) is 31.4 Å². The summed E-state index contributed by atoms with van der Waals surface area (Å²) in [6.45, 7) is 0.968. The molecule has 0 bridgehead atoms. The third kappa shape index (κ3) is 2.01. The Balaban J connectivity index is 1.80. The highest BCUT2D eigenvalue weighted by Gasteiger charge is 2.14. The topological polar surface area (TPSA) is 46.9 Å². The van der Waals surface area contributed by atoms with E-state index in [0.717, 1.165) is 29.8 Å². The van der Waals surface area contributed by atoms with Gasteiger partial charge in [0.05, 0.1) is 6.20 Å². The van der Waals surface area contributed by atoms with Crippen molar-refractivity contribution in [3.05, 3.63) is 47.3 Å². The molecule has 0 radical (unpaired) electrons. The van der Waals surface area contributed by atoms with Gasteiger partial charge >= 0.3 is 0 Å². The number of hydrogen-bond acceptors (Lipinski definition) is 3. The lowest BCUT2D eigenvalue weighted by molar-refractivity contribution is 0.0993. The molecule has 3 rings (SSSR count). The number of carbonyl (C=O) groups excluding carboxylic acids is 1. The Hall–Kier alpha value is -2.10. The Kier molecular flexibility index (Phi) is 2.63. The third-order valence-corrected chi connectivity index (χ3v) is 3.26. The first kappa shape index (κ1) is 11.0. The molecule has 0 saturated heterocycles. The fourth-order valence-electron chi connectivity index (χ4n) is 2.33. The molecule has 0 spiro atoms. The summed E-state index contributed by atoms with van der Waals surface area (Å²) in [5.74, 6) is 0.151. The van der Waals surface area contributed by atoms with Crippen molar-refractivity contribution in [1.82, 2.24) is 9.78 Å². The van der Waals surface area contributed by atoms with Crippen molar-refractivity contribution in [2.45, 2.75) is 12.8 Å². The average molecular weight is 241 g/mol. The zero-order valence-corrected chi connectivity index (χ0v) is 10.3. The van der Waals surface area contributed by atoms with E-state index in [1.54, 1.807) is 10.9 Å². The number of fused-ring (bicyclic) bond motifs is 1. The molecule has 0 aliphatic carbocycles. The molecular formula is C14H15N3O. The molecule has 4 heteroatoms. The normalized spacial score (nSPS) is 13.2. The minimum atomic E-state index is 0.151. The summed E-state index contributed by atoms with van der Waals surface area (Å²) in [7, 11) is 1.86. The van der Waals surface area contributed by atoms with Crippen LogP contribution in [0.5, 0.6) is 0 Å². The molecule has 0 atom stereocenters. The van der Waals surface area contributed by atoms with Crippen molar-refractivity contribution in [3.63, 3.8) is 0 Å². The Morgan fingerprint density at radius 1 is 1.50 bits per heavy atom. The molecule has 1 aromatic heterocycles. The largest absolute Gasteiger partial charge is 0.384 e. The molecule has 0 amide bonds. The lowest BCUT2D eigenvalue weighted by Crippen LogP contribution is -2.03. The average Bonchev–Trinajstić information content (AvgIpc) is 2.96. The van der Waals surface area contributed by atoms with Gasteiger partial charge in [-0.05, 0) is 35.7 Å². The van der Waals surface area contributed by atoms with Crippen LogP contribution in [0.15, 0.2) is 30.6 Å². The standard InChI is InChI=1S/C14H15N3O/c1-17-9-10(8-16-17)6-14(18)12-2-3-13-11(7-12)4-5-15-13/h2-3,7-9,15H,4-6H2,1H3. The maximum Gasteiger partial charge on any atom is 0.167 e. The van der Waals surface area contributed by atoms with Crippen LogP contribution in [-0.4, -0.2) is 22.1 Å². The van der Waals surface area contributed by atoms with E-state index in [1.165, 1.54) is 5.56 Å². The van der Waals surface area contributed by atoms with Crippen LogP contribution in [0.1, 0.15) is 21.5 Å². The van der Waals surface area contributed by atoms with Crippen molar-refractivity contribution in [2.24, 2.45) is 7.05 Å². The second-order valence-corrected chi connectivity index (χ2v) is 4.67. The number of aromatic nitrogens is 2. The first-order valence-corrected chi connectivity index (χ1v) is 6.10. The molecule has 2 heterocycles. The fraction of sp³-hybridized carbons (Fsp3) is 0.286. The van der Waals surface area contributed by atoms with E-state index in [9.17, 15) is 4.79 Å². The quantitative estimate of drug-likeness (QED) is 0.834. The molecule has 18 heavy (non-hydrogen) atoms. The van der Waals surface area contributed by atoms with Crippen molar-refractivity contribution in [2.75, 3.05) is 11.9 Å². The van der Waals surface area contributed by atoms with Crippen LogP contribution in [0.25, 0.3) is 0 Å². The highest BCUT2D eigenvalue weighted by atomic mass is 16.1. The molecule has 1 N–H and O–H groups in total. The summed E-state index contributed by atoms with van der Waals surface area (Å²) in [6, 6.07) is 5.91. The maximum absolute atomic E-state index is 12.2. The van der Waals surface area contributed by atoms with Crippen LogP contribution in [0, 0.1) is 0 Å². The highest BCUT2D eigenvalue weighted by Crippen LogP contribution is 2.23. The lowest BCUT2D eigenvalue weighted by atomic mass is 10.0. The summed E-state index contributed by atoms with van der Waals surface area (Å²) in [6.07, 6.45) is 5.04. The predicted molar refractivity (Wildman–Crippen MR) is 69.9 cm³/mol. The minimum Gasteiger partial charge on any atom is -0.384 e. The molecule has 0 saturated carbocycles. The zero-order valence-electron chi connectivity index (χ0n) is 10.3. The molecule has 2 aromatic rings. The predicted octanol–water partition coefficient (Wildman–Crippen LogP) is 1.81. The number of ketones is 1. The number of rotatable bonds is 3. The van der Waals surface area contributed by atoms with Crippen molar-refractivity contribution in [3.8, 4) is 0 Å². The van der Waals surface area contributed by atoms with Crippen LogP contribution in [0.3, 0.4) is 0 Å². The number of Topliss-reactive ketones (excluding diaryl/α,β-unsaturated/α-hetero) is 1. The summed E-state index contributed by atoms with van der Waals surface area (Å²) in [4.78, 5) is 12.2. The van der Waals surface area contributed by atoms with Gasteiger partial charge in [-0.2, -0.15) is 5.10 Å². The van der Waals surface area contributed by atoms with Crippen molar-refractivity contribution < 1.29 is 4.79 Å². The van der Waals surface area contributed by atoms with Gasteiger partial charge in [0.15, 0.2) is 5.78 Å². The molecule has 4 nitrogen and oxygen atoms in total.